The Bertz CT molecular complexity index is 431. The molecule has 1 N–H and O–H groups in total. The summed E-state index contributed by atoms with van der Waals surface area (Å²) >= 11 is 0. The molecule has 17 heavy (non-hydrogen) atoms. The van der Waals surface area contributed by atoms with Crippen LogP contribution in [0.3, 0.4) is 0 Å². The lowest BCUT2D eigenvalue weighted by Gasteiger charge is -2.38. The standard InChI is InChI=1S/C12H13F2NO2/c13-10-2-1-8(3-11(10)14)4-12(17)15-5-9(6-15)7-16/h1-3,9,16H,4-7H2. The summed E-state index contributed by atoms with van der Waals surface area (Å²) in [7, 11) is 0. The van der Waals surface area contributed by atoms with Gasteiger partial charge in [-0.2, -0.15) is 0 Å². The summed E-state index contributed by atoms with van der Waals surface area (Å²) in [6.07, 6.45) is 0.0648. The van der Waals surface area contributed by atoms with Crippen molar-refractivity contribution < 1.29 is 18.7 Å². The molecule has 0 bridgehead atoms. The van der Waals surface area contributed by atoms with E-state index in [4.69, 9.17) is 5.11 Å². The van der Waals surface area contributed by atoms with Crippen LogP contribution in [0.5, 0.6) is 0 Å². The summed E-state index contributed by atoms with van der Waals surface area (Å²) < 4.78 is 25.6. The van der Waals surface area contributed by atoms with Gasteiger partial charge in [0.25, 0.3) is 0 Å². The van der Waals surface area contributed by atoms with Gasteiger partial charge in [0, 0.05) is 25.6 Å². The second-order valence-corrected chi connectivity index (χ2v) is 4.27. The van der Waals surface area contributed by atoms with Gasteiger partial charge in [-0.25, -0.2) is 8.78 Å². The van der Waals surface area contributed by atoms with Gasteiger partial charge in [0.15, 0.2) is 11.6 Å². The van der Waals surface area contributed by atoms with Crippen LogP contribution in [0.4, 0.5) is 8.78 Å². The van der Waals surface area contributed by atoms with Crippen molar-refractivity contribution >= 4 is 5.91 Å². The predicted octanol–water partition coefficient (Wildman–Crippen LogP) is 0.958. The van der Waals surface area contributed by atoms with Gasteiger partial charge < -0.3 is 10.0 Å². The number of aliphatic hydroxyl groups is 1. The highest BCUT2D eigenvalue weighted by atomic mass is 19.2. The molecule has 0 radical (unpaired) electrons. The van der Waals surface area contributed by atoms with Crippen LogP contribution in [-0.2, 0) is 11.2 Å². The maximum absolute atomic E-state index is 12.9. The molecule has 3 nitrogen and oxygen atoms in total. The van der Waals surface area contributed by atoms with Crippen LogP contribution in [0.15, 0.2) is 18.2 Å². The van der Waals surface area contributed by atoms with Crippen molar-refractivity contribution in [3.63, 3.8) is 0 Å². The smallest absolute Gasteiger partial charge is 0.227 e. The fourth-order valence-corrected chi connectivity index (χ4v) is 1.82. The Morgan fingerprint density at radius 1 is 1.35 bits per heavy atom. The van der Waals surface area contributed by atoms with E-state index in [0.29, 0.717) is 18.7 Å². The molecule has 2 rings (SSSR count). The minimum Gasteiger partial charge on any atom is -0.396 e. The SMILES string of the molecule is O=C(Cc1ccc(F)c(F)c1)N1CC(CO)C1. The lowest BCUT2D eigenvalue weighted by Crippen LogP contribution is -2.51. The molecule has 0 saturated carbocycles. The zero-order valence-electron chi connectivity index (χ0n) is 9.20. The third-order valence-corrected chi connectivity index (χ3v) is 2.91. The number of rotatable bonds is 3. The van der Waals surface area contributed by atoms with E-state index in [-0.39, 0.29) is 24.9 Å². The summed E-state index contributed by atoms with van der Waals surface area (Å²) in [5, 5.41) is 8.81. The van der Waals surface area contributed by atoms with E-state index in [2.05, 4.69) is 0 Å². The predicted molar refractivity (Wildman–Crippen MR) is 57.2 cm³/mol. The minimum atomic E-state index is -0.938. The summed E-state index contributed by atoms with van der Waals surface area (Å²) in [6.45, 7) is 1.16. The van der Waals surface area contributed by atoms with Crippen LogP contribution in [0.2, 0.25) is 0 Å². The molecular formula is C12H13F2NO2. The van der Waals surface area contributed by atoms with Gasteiger partial charge in [0.05, 0.1) is 6.42 Å². The number of halogens is 2. The molecule has 1 aromatic rings. The van der Waals surface area contributed by atoms with Crippen molar-refractivity contribution in [2.45, 2.75) is 6.42 Å². The fraction of sp³-hybridized carbons (Fsp3) is 0.417. The molecule has 0 spiro atoms. The van der Waals surface area contributed by atoms with Crippen LogP contribution in [0, 0.1) is 17.6 Å². The van der Waals surface area contributed by atoms with Crippen molar-refractivity contribution in [2.24, 2.45) is 5.92 Å². The van der Waals surface area contributed by atoms with Crippen LogP contribution >= 0.6 is 0 Å². The van der Waals surface area contributed by atoms with Gasteiger partial charge in [-0.1, -0.05) is 6.07 Å². The zero-order valence-corrected chi connectivity index (χ0v) is 9.20. The molecule has 1 amide bonds. The number of amides is 1. The topological polar surface area (TPSA) is 40.5 Å². The number of carbonyl (C=O) groups is 1. The van der Waals surface area contributed by atoms with Crippen LogP contribution in [0.1, 0.15) is 5.56 Å². The van der Waals surface area contributed by atoms with Gasteiger partial charge in [0.1, 0.15) is 0 Å². The Morgan fingerprint density at radius 3 is 2.65 bits per heavy atom. The molecule has 1 saturated heterocycles. The van der Waals surface area contributed by atoms with Crippen LogP contribution in [-0.4, -0.2) is 35.6 Å². The monoisotopic (exact) mass is 241 g/mol. The number of benzene rings is 1. The Morgan fingerprint density at radius 2 is 2.06 bits per heavy atom. The molecule has 0 atom stereocenters. The fourth-order valence-electron chi connectivity index (χ4n) is 1.82. The molecule has 92 valence electrons. The van der Waals surface area contributed by atoms with Crippen molar-refractivity contribution in [2.75, 3.05) is 19.7 Å². The molecule has 1 aliphatic heterocycles. The van der Waals surface area contributed by atoms with E-state index in [1.807, 2.05) is 0 Å². The van der Waals surface area contributed by atoms with E-state index in [1.165, 1.54) is 6.07 Å². The summed E-state index contributed by atoms with van der Waals surface area (Å²) in [5.74, 6) is -1.82. The second-order valence-electron chi connectivity index (χ2n) is 4.27. The Balaban J connectivity index is 1.92. The van der Waals surface area contributed by atoms with Gasteiger partial charge in [-0.3, -0.25) is 4.79 Å². The average Bonchev–Trinajstić information content (AvgIpc) is 2.22. The zero-order chi connectivity index (χ0) is 12.4. The van der Waals surface area contributed by atoms with Crippen molar-refractivity contribution in [1.29, 1.82) is 0 Å². The molecular weight excluding hydrogens is 228 g/mol. The summed E-state index contributed by atoms with van der Waals surface area (Å²) in [4.78, 5) is 13.3. The van der Waals surface area contributed by atoms with Crippen LogP contribution in [0.25, 0.3) is 0 Å². The maximum Gasteiger partial charge on any atom is 0.227 e. The normalized spacial score (nSPS) is 15.8. The van der Waals surface area contributed by atoms with E-state index < -0.39 is 11.6 Å². The number of hydrogen-bond acceptors (Lipinski definition) is 2. The maximum atomic E-state index is 12.9. The highest BCUT2D eigenvalue weighted by Gasteiger charge is 2.29. The van der Waals surface area contributed by atoms with Crippen LogP contribution < -0.4 is 0 Å². The van der Waals surface area contributed by atoms with E-state index in [0.717, 1.165) is 12.1 Å². The lowest BCUT2D eigenvalue weighted by atomic mass is 10.00. The minimum absolute atomic E-state index is 0.0648. The van der Waals surface area contributed by atoms with Crippen molar-refractivity contribution in [3.8, 4) is 0 Å². The molecule has 0 aromatic heterocycles. The first-order valence-electron chi connectivity index (χ1n) is 5.42. The van der Waals surface area contributed by atoms with Crippen molar-refractivity contribution in [3.05, 3.63) is 35.4 Å². The molecule has 1 fully saturated rings. The second kappa shape index (κ2) is 4.79. The van der Waals surface area contributed by atoms with Gasteiger partial charge in [-0.05, 0) is 17.7 Å². The molecule has 0 aliphatic carbocycles. The Labute approximate surface area is 97.7 Å². The number of carbonyl (C=O) groups excluding carboxylic acids is 1. The van der Waals surface area contributed by atoms with Gasteiger partial charge in [0.2, 0.25) is 5.91 Å². The summed E-state index contributed by atoms with van der Waals surface area (Å²) in [6, 6.07) is 3.46. The molecule has 1 aliphatic rings. The highest BCUT2D eigenvalue weighted by molar-refractivity contribution is 5.79. The molecule has 1 aromatic carbocycles. The lowest BCUT2D eigenvalue weighted by molar-refractivity contribution is -0.137. The van der Waals surface area contributed by atoms with E-state index in [1.54, 1.807) is 4.90 Å². The first-order chi connectivity index (χ1) is 8.10. The third kappa shape index (κ3) is 2.61. The Kier molecular flexibility index (Phi) is 3.38. The van der Waals surface area contributed by atoms with Crippen molar-refractivity contribution in [1.82, 2.24) is 4.90 Å². The average molecular weight is 241 g/mol. The first-order valence-corrected chi connectivity index (χ1v) is 5.42. The number of nitrogens with zero attached hydrogens (tertiary/aromatic N) is 1. The summed E-state index contributed by atoms with van der Waals surface area (Å²) in [5.41, 5.74) is 0.460. The third-order valence-electron chi connectivity index (χ3n) is 2.91. The van der Waals surface area contributed by atoms with Gasteiger partial charge in [-0.15, -0.1) is 0 Å². The molecule has 0 unspecified atom stereocenters. The van der Waals surface area contributed by atoms with E-state index in [9.17, 15) is 13.6 Å². The molecule has 1 heterocycles. The highest BCUT2D eigenvalue weighted by Crippen LogP contribution is 2.17. The molecule has 5 heteroatoms. The van der Waals surface area contributed by atoms with Gasteiger partial charge >= 0.3 is 0 Å². The quantitative estimate of drug-likeness (QED) is 0.856. The van der Waals surface area contributed by atoms with E-state index >= 15 is 0 Å². The number of likely N-dealkylation sites (tertiary alicyclic amines) is 1. The first kappa shape index (κ1) is 12.0. The Hall–Kier alpha value is -1.49. The number of hydrogen-bond donors (Lipinski definition) is 1. The number of aliphatic hydroxyl groups excluding tert-OH is 1. The largest absolute Gasteiger partial charge is 0.396 e.